The Bertz CT molecular complexity index is 711. The van der Waals surface area contributed by atoms with Crippen molar-refractivity contribution in [3.05, 3.63) is 28.2 Å². The van der Waals surface area contributed by atoms with Crippen LogP contribution in [0, 0.1) is 11.8 Å². The molecular weight excluding hydrogens is 318 g/mol. The van der Waals surface area contributed by atoms with Crippen molar-refractivity contribution in [2.24, 2.45) is 18.9 Å². The number of carbonyl (C=O) groups is 2. The Morgan fingerprint density at radius 3 is 2.40 bits per heavy atom. The molecule has 2 amide bonds. The highest BCUT2D eigenvalue weighted by Gasteiger charge is 2.25. The molecule has 3 rings (SSSR count). The lowest BCUT2D eigenvalue weighted by Gasteiger charge is -2.30. The lowest BCUT2D eigenvalue weighted by atomic mass is 9.99. The van der Waals surface area contributed by atoms with Gasteiger partial charge < -0.3 is 14.8 Å². The summed E-state index contributed by atoms with van der Waals surface area (Å²) in [6.07, 6.45) is 7.43. The van der Waals surface area contributed by atoms with E-state index in [0.717, 1.165) is 51.6 Å². The fourth-order valence-electron chi connectivity index (χ4n) is 3.74. The Morgan fingerprint density at radius 2 is 1.76 bits per heavy atom. The van der Waals surface area contributed by atoms with Crippen LogP contribution in [0.25, 0.3) is 0 Å². The predicted octanol–water partition coefficient (Wildman–Crippen LogP) is 2.39. The summed E-state index contributed by atoms with van der Waals surface area (Å²) < 4.78 is 1.38. The Hall–Kier alpha value is -2.11. The summed E-state index contributed by atoms with van der Waals surface area (Å²) in [7, 11) is 1.61. The molecule has 25 heavy (non-hydrogen) atoms. The number of likely N-dealkylation sites (tertiary alicyclic amines) is 1. The zero-order valence-electron chi connectivity index (χ0n) is 15.1. The average molecular weight is 345 g/mol. The van der Waals surface area contributed by atoms with E-state index in [9.17, 15) is 14.4 Å². The van der Waals surface area contributed by atoms with E-state index in [1.165, 1.54) is 10.6 Å². The molecule has 1 aromatic heterocycles. The van der Waals surface area contributed by atoms with Gasteiger partial charge in [0, 0.05) is 32.3 Å². The summed E-state index contributed by atoms with van der Waals surface area (Å²) in [6, 6.07) is 1.54. The summed E-state index contributed by atoms with van der Waals surface area (Å²) in [4.78, 5) is 39.3. The van der Waals surface area contributed by atoms with Crippen molar-refractivity contribution in [3.8, 4) is 0 Å². The number of aryl methyl sites for hydroxylation is 1. The van der Waals surface area contributed by atoms with Gasteiger partial charge >= 0.3 is 0 Å². The molecule has 1 saturated carbocycles. The molecule has 0 aromatic carbocycles. The summed E-state index contributed by atoms with van der Waals surface area (Å²) in [6.45, 7) is 3.68. The maximum atomic E-state index is 12.8. The van der Waals surface area contributed by atoms with Gasteiger partial charge in [-0.1, -0.05) is 19.8 Å². The molecule has 1 aliphatic carbocycles. The fraction of sp³-hybridized carbons (Fsp3) is 0.632. The lowest BCUT2D eigenvalue weighted by Crippen LogP contribution is -2.38. The standard InChI is InChI=1S/C19H27N3O3/c1-13-7-9-22(10-8-13)18(24)15-11-16(19(25)21(2)12-15)20-17(23)14-5-3-4-6-14/h11-14H,3-10H2,1-2H3,(H,20,23). The van der Waals surface area contributed by atoms with E-state index in [0.29, 0.717) is 11.5 Å². The van der Waals surface area contributed by atoms with Crippen molar-refractivity contribution < 1.29 is 9.59 Å². The molecule has 0 bridgehead atoms. The van der Waals surface area contributed by atoms with Crippen molar-refractivity contribution in [2.75, 3.05) is 18.4 Å². The number of carbonyl (C=O) groups excluding carboxylic acids is 2. The summed E-state index contributed by atoms with van der Waals surface area (Å²) in [5.41, 5.74) is 0.379. The van der Waals surface area contributed by atoms with E-state index < -0.39 is 0 Å². The summed E-state index contributed by atoms with van der Waals surface area (Å²) >= 11 is 0. The van der Waals surface area contributed by atoms with Gasteiger partial charge in [-0.25, -0.2) is 0 Å². The van der Waals surface area contributed by atoms with E-state index >= 15 is 0 Å². The van der Waals surface area contributed by atoms with Crippen molar-refractivity contribution >= 4 is 17.5 Å². The number of piperidine rings is 1. The van der Waals surface area contributed by atoms with Crippen LogP contribution in [0.4, 0.5) is 5.69 Å². The minimum atomic E-state index is -0.282. The maximum Gasteiger partial charge on any atom is 0.274 e. The van der Waals surface area contributed by atoms with Crippen LogP contribution < -0.4 is 10.9 Å². The molecule has 0 radical (unpaired) electrons. The van der Waals surface area contributed by atoms with Crippen LogP contribution in [0.15, 0.2) is 17.1 Å². The first-order chi connectivity index (χ1) is 12.0. The molecule has 136 valence electrons. The van der Waals surface area contributed by atoms with Gasteiger partial charge in [0.15, 0.2) is 0 Å². The fourth-order valence-corrected chi connectivity index (χ4v) is 3.74. The smallest absolute Gasteiger partial charge is 0.274 e. The normalized spacial score (nSPS) is 19.2. The largest absolute Gasteiger partial charge is 0.339 e. The highest BCUT2D eigenvalue weighted by atomic mass is 16.2. The Labute approximate surface area is 148 Å². The van der Waals surface area contributed by atoms with Gasteiger partial charge in [-0.05, 0) is 37.7 Å². The molecule has 1 aromatic rings. The third-order valence-electron chi connectivity index (χ3n) is 5.48. The first-order valence-corrected chi connectivity index (χ1v) is 9.26. The second-order valence-electron chi connectivity index (χ2n) is 7.50. The second-order valence-corrected chi connectivity index (χ2v) is 7.50. The van der Waals surface area contributed by atoms with Crippen LogP contribution >= 0.6 is 0 Å². The number of anilines is 1. The van der Waals surface area contributed by atoms with Gasteiger partial charge in [-0.15, -0.1) is 0 Å². The van der Waals surface area contributed by atoms with Crippen molar-refractivity contribution in [1.29, 1.82) is 0 Å². The minimum Gasteiger partial charge on any atom is -0.339 e. The number of amides is 2. The highest BCUT2D eigenvalue weighted by Crippen LogP contribution is 2.26. The van der Waals surface area contributed by atoms with Crippen LogP contribution in [0.1, 0.15) is 55.8 Å². The van der Waals surface area contributed by atoms with E-state index in [1.54, 1.807) is 13.2 Å². The number of hydrogen-bond donors (Lipinski definition) is 1. The van der Waals surface area contributed by atoms with Gasteiger partial charge in [-0.3, -0.25) is 14.4 Å². The predicted molar refractivity (Wildman–Crippen MR) is 96.6 cm³/mol. The number of nitrogens with zero attached hydrogens (tertiary/aromatic N) is 2. The van der Waals surface area contributed by atoms with Crippen LogP contribution in [0.2, 0.25) is 0 Å². The quantitative estimate of drug-likeness (QED) is 0.914. The first-order valence-electron chi connectivity index (χ1n) is 9.26. The average Bonchev–Trinajstić information content (AvgIpc) is 3.13. The zero-order valence-corrected chi connectivity index (χ0v) is 15.1. The van der Waals surface area contributed by atoms with Crippen molar-refractivity contribution in [1.82, 2.24) is 9.47 Å². The molecule has 2 fully saturated rings. The summed E-state index contributed by atoms with van der Waals surface area (Å²) in [5.74, 6) is 0.447. The Kier molecular flexibility index (Phi) is 5.25. The van der Waals surface area contributed by atoms with Crippen LogP contribution in [-0.4, -0.2) is 34.4 Å². The maximum absolute atomic E-state index is 12.8. The second kappa shape index (κ2) is 7.42. The monoisotopic (exact) mass is 345 g/mol. The molecule has 2 heterocycles. The van der Waals surface area contributed by atoms with Crippen molar-refractivity contribution in [3.63, 3.8) is 0 Å². The SMILES string of the molecule is CC1CCN(C(=O)c2cc(NC(=O)C3CCCC3)c(=O)n(C)c2)CC1. The van der Waals surface area contributed by atoms with E-state index in [1.807, 2.05) is 4.90 Å². The molecule has 2 aliphatic rings. The molecule has 6 nitrogen and oxygen atoms in total. The zero-order chi connectivity index (χ0) is 18.0. The van der Waals surface area contributed by atoms with Crippen molar-refractivity contribution in [2.45, 2.75) is 45.4 Å². The van der Waals surface area contributed by atoms with Crippen LogP contribution in [0.5, 0.6) is 0 Å². The molecule has 6 heteroatoms. The number of aromatic nitrogens is 1. The Morgan fingerprint density at radius 1 is 1.12 bits per heavy atom. The number of rotatable bonds is 3. The molecule has 1 N–H and O–H groups in total. The third kappa shape index (κ3) is 3.94. The Balaban J connectivity index is 1.79. The molecule has 0 atom stereocenters. The van der Waals surface area contributed by atoms with Gasteiger partial charge in [0.1, 0.15) is 5.69 Å². The van der Waals surface area contributed by atoms with E-state index in [2.05, 4.69) is 12.2 Å². The minimum absolute atomic E-state index is 0.0207. The number of hydrogen-bond acceptors (Lipinski definition) is 3. The van der Waals surface area contributed by atoms with Crippen LogP contribution in [0.3, 0.4) is 0 Å². The first kappa shape index (κ1) is 17.7. The summed E-state index contributed by atoms with van der Waals surface area (Å²) in [5, 5.41) is 2.76. The van der Waals surface area contributed by atoms with E-state index in [-0.39, 0.29) is 29.0 Å². The molecule has 1 saturated heterocycles. The molecule has 0 unspecified atom stereocenters. The van der Waals surface area contributed by atoms with Gasteiger partial charge in [0.25, 0.3) is 11.5 Å². The van der Waals surface area contributed by atoms with Gasteiger partial charge in [-0.2, -0.15) is 0 Å². The molecule has 1 aliphatic heterocycles. The topological polar surface area (TPSA) is 71.4 Å². The van der Waals surface area contributed by atoms with E-state index in [4.69, 9.17) is 0 Å². The van der Waals surface area contributed by atoms with Crippen LogP contribution in [-0.2, 0) is 11.8 Å². The third-order valence-corrected chi connectivity index (χ3v) is 5.48. The number of nitrogens with one attached hydrogen (secondary N) is 1. The highest BCUT2D eigenvalue weighted by molar-refractivity contribution is 5.97. The lowest BCUT2D eigenvalue weighted by molar-refractivity contribution is -0.119. The van der Waals surface area contributed by atoms with Gasteiger partial charge in [0.2, 0.25) is 5.91 Å². The number of pyridine rings is 1. The molecule has 0 spiro atoms. The molecular formula is C19H27N3O3. The van der Waals surface area contributed by atoms with Gasteiger partial charge in [0.05, 0.1) is 5.56 Å².